The van der Waals surface area contributed by atoms with E-state index >= 15 is 0 Å². The molecule has 10 nitrogen and oxygen atoms in total. The molecule has 10 heteroatoms. The number of nitrogens with zero attached hydrogens (tertiary/aromatic N) is 4. The second kappa shape index (κ2) is 9.24. The van der Waals surface area contributed by atoms with Crippen molar-refractivity contribution in [3.05, 3.63) is 57.1 Å². The molecule has 0 radical (unpaired) electrons. The first-order chi connectivity index (χ1) is 15.8. The Balaban J connectivity index is 1.30. The number of rotatable bonds is 9. The number of aromatic nitrogens is 5. The number of ether oxygens (including phenoxy) is 1. The van der Waals surface area contributed by atoms with Gasteiger partial charge >= 0.3 is 5.69 Å². The van der Waals surface area contributed by atoms with Gasteiger partial charge < -0.3 is 24.7 Å². The van der Waals surface area contributed by atoms with Crippen LogP contribution < -0.4 is 21.3 Å². The van der Waals surface area contributed by atoms with Gasteiger partial charge in [-0.1, -0.05) is 6.07 Å². The van der Waals surface area contributed by atoms with Crippen LogP contribution in [-0.2, 0) is 20.6 Å². The van der Waals surface area contributed by atoms with E-state index in [1.165, 1.54) is 11.6 Å². The van der Waals surface area contributed by atoms with Crippen molar-refractivity contribution in [1.29, 1.82) is 0 Å². The van der Waals surface area contributed by atoms with Gasteiger partial charge in [0.2, 0.25) is 0 Å². The third-order valence-electron chi connectivity index (χ3n) is 5.91. The summed E-state index contributed by atoms with van der Waals surface area (Å²) < 4.78 is 10.1. The van der Waals surface area contributed by atoms with Crippen LogP contribution in [0.2, 0.25) is 0 Å². The van der Waals surface area contributed by atoms with Gasteiger partial charge in [-0.05, 0) is 38.5 Å². The van der Waals surface area contributed by atoms with E-state index in [4.69, 9.17) is 4.74 Å². The summed E-state index contributed by atoms with van der Waals surface area (Å²) in [5, 5.41) is 14.7. The lowest BCUT2D eigenvalue weighted by molar-refractivity contribution is 0.104. The third kappa shape index (κ3) is 4.57. The highest BCUT2D eigenvalue weighted by Gasteiger charge is 2.15. The second-order valence-electron chi connectivity index (χ2n) is 8.55. The van der Waals surface area contributed by atoms with Crippen LogP contribution in [0.3, 0.4) is 0 Å². The Bertz CT molecular complexity index is 1400. The van der Waals surface area contributed by atoms with E-state index in [9.17, 15) is 14.7 Å². The van der Waals surface area contributed by atoms with Gasteiger partial charge in [0, 0.05) is 49.8 Å². The predicted molar refractivity (Wildman–Crippen MR) is 127 cm³/mol. The summed E-state index contributed by atoms with van der Waals surface area (Å²) in [4.78, 5) is 32.1. The quantitative estimate of drug-likeness (QED) is 0.348. The molecule has 0 aliphatic heterocycles. The number of aliphatic hydroxyl groups excluding tert-OH is 1. The van der Waals surface area contributed by atoms with Gasteiger partial charge in [-0.25, -0.2) is 9.78 Å². The number of H-pyrrole nitrogens is 1. The molecule has 4 aromatic rings. The lowest BCUT2D eigenvalue weighted by Gasteiger charge is -2.18. The van der Waals surface area contributed by atoms with Gasteiger partial charge in [0.15, 0.2) is 11.2 Å². The Morgan fingerprint density at radius 1 is 1.24 bits per heavy atom. The summed E-state index contributed by atoms with van der Waals surface area (Å²) >= 11 is 0. The fourth-order valence-electron chi connectivity index (χ4n) is 3.98. The Morgan fingerprint density at radius 2 is 2.03 bits per heavy atom. The number of fused-ring (bicyclic) bond motifs is 2. The fourth-order valence-corrected chi connectivity index (χ4v) is 3.98. The normalized spacial score (nSPS) is 13.6. The van der Waals surface area contributed by atoms with Gasteiger partial charge in [-0.3, -0.25) is 13.9 Å². The van der Waals surface area contributed by atoms with Crippen LogP contribution in [0, 0.1) is 6.92 Å². The molecule has 0 unspecified atom stereocenters. The lowest BCUT2D eigenvalue weighted by Crippen LogP contribution is -2.38. The van der Waals surface area contributed by atoms with E-state index < -0.39 is 11.8 Å². The maximum atomic E-state index is 12.5. The number of hydrogen-bond acceptors (Lipinski definition) is 6. The van der Waals surface area contributed by atoms with E-state index in [0.29, 0.717) is 30.7 Å². The highest BCUT2D eigenvalue weighted by atomic mass is 16.5. The average molecular weight is 455 g/mol. The molecule has 0 fully saturated rings. The summed E-state index contributed by atoms with van der Waals surface area (Å²) in [6.07, 6.45) is 1.63. The molecule has 0 spiro atoms. The average Bonchev–Trinajstić information content (AvgIpc) is 3.40. The van der Waals surface area contributed by atoms with Crippen molar-refractivity contribution in [2.75, 3.05) is 13.2 Å². The molecule has 0 saturated carbocycles. The maximum Gasteiger partial charge on any atom is 0.332 e. The number of aliphatic hydroxyl groups is 1. The van der Waals surface area contributed by atoms with Crippen molar-refractivity contribution in [2.45, 2.75) is 39.0 Å². The third-order valence-corrected chi connectivity index (χ3v) is 5.91. The lowest BCUT2D eigenvalue weighted by atomic mass is 10.2. The maximum absolute atomic E-state index is 12.5. The van der Waals surface area contributed by atoms with Crippen LogP contribution in [0.1, 0.15) is 19.0 Å². The minimum Gasteiger partial charge on any atom is -0.490 e. The zero-order valence-corrected chi connectivity index (χ0v) is 19.3. The molecule has 3 N–H and O–H groups in total. The first kappa shape index (κ1) is 22.8. The summed E-state index contributed by atoms with van der Waals surface area (Å²) in [7, 11) is 3.07. The monoisotopic (exact) mass is 454 g/mol. The summed E-state index contributed by atoms with van der Waals surface area (Å²) in [5.74, 6) is 0.743. The molecule has 2 atom stereocenters. The predicted octanol–water partition coefficient (Wildman–Crippen LogP) is 1.03. The minimum absolute atomic E-state index is 0.0873. The van der Waals surface area contributed by atoms with Crippen LogP contribution in [-0.4, -0.2) is 54.1 Å². The van der Waals surface area contributed by atoms with Crippen molar-refractivity contribution in [1.82, 2.24) is 29.0 Å². The first-order valence-electron chi connectivity index (χ1n) is 11.0. The molecule has 176 valence electrons. The first-order valence-corrected chi connectivity index (χ1v) is 11.0. The number of nitrogens with one attached hydrogen (secondary N) is 2. The standard InChI is InChI=1S/C23H30N6O4/c1-14(8-9-29-13-25-21-20(29)22(31)28(4)23(32)27(21)3)24-11-16(30)12-33-19-7-5-6-18-17(19)10-15(2)26-18/h5-7,10,13-14,16,24,26,30H,8-9,11-12H2,1-4H3/t14-,16-/m0/s1. The van der Waals surface area contributed by atoms with Crippen LogP contribution in [0.25, 0.3) is 22.1 Å². The Kier molecular flexibility index (Phi) is 6.39. The molecular formula is C23H30N6O4. The second-order valence-corrected chi connectivity index (χ2v) is 8.55. The number of imidazole rings is 1. The number of hydrogen-bond donors (Lipinski definition) is 3. The minimum atomic E-state index is -0.668. The molecular weight excluding hydrogens is 424 g/mol. The SMILES string of the molecule is Cc1cc2c(OC[C@@H](O)CN[C@@H](C)CCn3cnc4c3c(=O)n(C)c(=O)n4C)cccc2[nH]1. The Morgan fingerprint density at radius 3 is 2.82 bits per heavy atom. The van der Waals surface area contributed by atoms with Crippen molar-refractivity contribution >= 4 is 22.1 Å². The van der Waals surface area contributed by atoms with E-state index in [1.807, 2.05) is 38.1 Å². The van der Waals surface area contributed by atoms with Gasteiger partial charge in [0.25, 0.3) is 5.56 Å². The molecule has 33 heavy (non-hydrogen) atoms. The molecule has 3 heterocycles. The highest BCUT2D eigenvalue weighted by molar-refractivity contribution is 5.86. The Labute approximate surface area is 190 Å². The van der Waals surface area contributed by atoms with E-state index in [-0.39, 0.29) is 18.2 Å². The van der Waals surface area contributed by atoms with Crippen LogP contribution in [0.4, 0.5) is 0 Å². The molecule has 0 aliphatic rings. The van der Waals surface area contributed by atoms with E-state index in [1.54, 1.807) is 17.9 Å². The molecule has 0 amide bonds. The zero-order chi connectivity index (χ0) is 23.7. The van der Waals surface area contributed by atoms with Gasteiger partial charge in [0.1, 0.15) is 18.5 Å². The van der Waals surface area contributed by atoms with Crippen molar-refractivity contribution in [3.63, 3.8) is 0 Å². The summed E-state index contributed by atoms with van der Waals surface area (Å²) in [5.41, 5.74) is 2.10. The molecule has 0 aliphatic carbocycles. The van der Waals surface area contributed by atoms with Crippen LogP contribution in [0.5, 0.6) is 5.75 Å². The smallest absolute Gasteiger partial charge is 0.332 e. The highest BCUT2D eigenvalue weighted by Crippen LogP contribution is 2.26. The zero-order valence-electron chi connectivity index (χ0n) is 19.3. The van der Waals surface area contributed by atoms with Gasteiger partial charge in [0.05, 0.1) is 6.33 Å². The van der Waals surface area contributed by atoms with Crippen LogP contribution >= 0.6 is 0 Å². The van der Waals surface area contributed by atoms with E-state index in [2.05, 4.69) is 15.3 Å². The fraction of sp³-hybridized carbons (Fsp3) is 0.435. The Hall–Kier alpha value is -3.37. The van der Waals surface area contributed by atoms with Crippen molar-refractivity contribution in [3.8, 4) is 5.75 Å². The summed E-state index contributed by atoms with van der Waals surface area (Å²) in [6.45, 7) is 5.13. The largest absolute Gasteiger partial charge is 0.490 e. The molecule has 1 aromatic carbocycles. The van der Waals surface area contributed by atoms with Gasteiger partial charge in [-0.2, -0.15) is 0 Å². The molecule has 4 rings (SSSR count). The van der Waals surface area contributed by atoms with Gasteiger partial charge in [-0.15, -0.1) is 0 Å². The van der Waals surface area contributed by atoms with Crippen LogP contribution in [0.15, 0.2) is 40.2 Å². The number of aromatic amines is 1. The molecule has 0 saturated heterocycles. The summed E-state index contributed by atoms with van der Waals surface area (Å²) in [6, 6.07) is 7.93. The molecule has 3 aromatic heterocycles. The van der Waals surface area contributed by atoms with Crippen molar-refractivity contribution < 1.29 is 9.84 Å². The topological polar surface area (TPSA) is 119 Å². The van der Waals surface area contributed by atoms with E-state index in [0.717, 1.165) is 26.9 Å². The number of aryl methyl sites for hydroxylation is 3. The number of benzene rings is 1. The van der Waals surface area contributed by atoms with Crippen molar-refractivity contribution in [2.24, 2.45) is 14.1 Å². The molecule has 0 bridgehead atoms.